The van der Waals surface area contributed by atoms with Crippen LogP contribution in [0.1, 0.15) is 41.4 Å². The number of H-pyrrole nitrogens is 1. The van der Waals surface area contributed by atoms with Crippen LogP contribution in [0.3, 0.4) is 0 Å². The van der Waals surface area contributed by atoms with E-state index >= 15 is 0 Å². The molecule has 1 aromatic carbocycles. The number of aromatic nitrogens is 2. The summed E-state index contributed by atoms with van der Waals surface area (Å²) in [6, 6.07) is 6.95. The van der Waals surface area contributed by atoms with E-state index in [1.807, 2.05) is 11.1 Å². The topological polar surface area (TPSA) is 87.3 Å². The molecule has 7 nitrogen and oxygen atoms in total. The van der Waals surface area contributed by atoms with Crippen LogP contribution in [0.4, 0.5) is 0 Å². The first-order chi connectivity index (χ1) is 12.7. The number of amides is 2. The predicted molar refractivity (Wildman–Crippen MR) is 97.1 cm³/mol. The smallest absolute Gasteiger partial charge is 0.251 e. The minimum Gasteiger partial charge on any atom is -0.497 e. The summed E-state index contributed by atoms with van der Waals surface area (Å²) in [5, 5.41) is 2.80. The van der Waals surface area contributed by atoms with E-state index in [1.165, 1.54) is 0 Å². The summed E-state index contributed by atoms with van der Waals surface area (Å²) in [7, 11) is 1.56. The third-order valence-corrected chi connectivity index (χ3v) is 4.64. The minimum absolute atomic E-state index is 0.0622. The maximum atomic E-state index is 12.5. The third kappa shape index (κ3) is 4.41. The van der Waals surface area contributed by atoms with E-state index in [0.29, 0.717) is 30.8 Å². The molecule has 2 heterocycles. The molecule has 1 fully saturated rings. The van der Waals surface area contributed by atoms with Crippen LogP contribution in [-0.4, -0.2) is 53.4 Å². The molecule has 1 aromatic heterocycles. The fourth-order valence-electron chi connectivity index (χ4n) is 3.24. The van der Waals surface area contributed by atoms with Crippen molar-refractivity contribution in [3.05, 3.63) is 48.0 Å². The molecule has 1 saturated heterocycles. The van der Waals surface area contributed by atoms with Crippen molar-refractivity contribution >= 4 is 11.8 Å². The van der Waals surface area contributed by atoms with E-state index in [9.17, 15) is 9.59 Å². The maximum Gasteiger partial charge on any atom is 0.251 e. The maximum absolute atomic E-state index is 12.5. The number of nitrogens with one attached hydrogen (secondary N) is 2. The summed E-state index contributed by atoms with van der Waals surface area (Å²) in [6.07, 6.45) is 5.84. The molecule has 2 aromatic rings. The number of hydrogen-bond donors (Lipinski definition) is 2. The number of carbonyl (C=O) groups is 2. The third-order valence-electron chi connectivity index (χ3n) is 4.64. The SMILES string of the molecule is COc1cccc(C(=O)NCCC(=O)N2CCCC(c3ncc[nH]3)C2)c1. The largest absolute Gasteiger partial charge is 0.497 e. The number of piperidine rings is 1. The van der Waals surface area contributed by atoms with Crippen LogP contribution in [0, 0.1) is 0 Å². The Bertz CT molecular complexity index is 745. The zero-order valence-corrected chi connectivity index (χ0v) is 14.9. The number of carbonyl (C=O) groups excluding carboxylic acids is 2. The van der Waals surface area contributed by atoms with Crippen LogP contribution in [0.25, 0.3) is 0 Å². The average Bonchev–Trinajstić information content (AvgIpc) is 3.23. The van der Waals surface area contributed by atoms with Gasteiger partial charge in [0.05, 0.1) is 7.11 Å². The molecule has 1 atom stereocenters. The monoisotopic (exact) mass is 356 g/mol. The molecule has 2 N–H and O–H groups in total. The number of benzene rings is 1. The van der Waals surface area contributed by atoms with E-state index < -0.39 is 0 Å². The zero-order valence-electron chi connectivity index (χ0n) is 14.9. The summed E-state index contributed by atoms with van der Waals surface area (Å²) < 4.78 is 5.12. The summed E-state index contributed by atoms with van der Waals surface area (Å²) in [5.74, 6) is 1.69. The van der Waals surface area contributed by atoms with Gasteiger partial charge >= 0.3 is 0 Å². The Balaban J connectivity index is 1.47. The molecular formula is C19H24N4O3. The molecule has 0 saturated carbocycles. The average molecular weight is 356 g/mol. The second-order valence-electron chi connectivity index (χ2n) is 6.39. The first-order valence-electron chi connectivity index (χ1n) is 8.86. The van der Waals surface area contributed by atoms with Gasteiger partial charge in [-0.1, -0.05) is 6.07 Å². The highest BCUT2D eigenvalue weighted by atomic mass is 16.5. The van der Waals surface area contributed by atoms with Crippen LogP contribution >= 0.6 is 0 Å². The molecular weight excluding hydrogens is 332 g/mol. The van der Waals surface area contributed by atoms with E-state index in [2.05, 4.69) is 15.3 Å². The number of rotatable bonds is 6. The zero-order chi connectivity index (χ0) is 18.4. The molecule has 0 radical (unpaired) electrons. The number of hydrogen-bond acceptors (Lipinski definition) is 4. The van der Waals surface area contributed by atoms with Crippen LogP contribution in [0.2, 0.25) is 0 Å². The molecule has 1 unspecified atom stereocenters. The highest BCUT2D eigenvalue weighted by Gasteiger charge is 2.25. The Morgan fingerprint density at radius 1 is 1.42 bits per heavy atom. The van der Waals surface area contributed by atoms with Gasteiger partial charge < -0.3 is 19.9 Å². The van der Waals surface area contributed by atoms with Crippen molar-refractivity contribution in [3.63, 3.8) is 0 Å². The van der Waals surface area contributed by atoms with E-state index in [-0.39, 0.29) is 17.7 Å². The van der Waals surface area contributed by atoms with Gasteiger partial charge in [-0.3, -0.25) is 9.59 Å². The quantitative estimate of drug-likeness (QED) is 0.828. The van der Waals surface area contributed by atoms with Crippen LogP contribution in [0.15, 0.2) is 36.7 Å². The number of likely N-dealkylation sites (tertiary alicyclic amines) is 1. The van der Waals surface area contributed by atoms with Gasteiger partial charge in [-0.05, 0) is 31.0 Å². The van der Waals surface area contributed by atoms with Gasteiger partial charge in [0.15, 0.2) is 0 Å². The second-order valence-corrected chi connectivity index (χ2v) is 6.39. The van der Waals surface area contributed by atoms with Crippen molar-refractivity contribution in [1.29, 1.82) is 0 Å². The molecule has 0 aliphatic carbocycles. The van der Waals surface area contributed by atoms with Crippen molar-refractivity contribution in [2.45, 2.75) is 25.2 Å². The molecule has 1 aliphatic heterocycles. The number of ether oxygens (including phenoxy) is 1. The lowest BCUT2D eigenvalue weighted by Gasteiger charge is -2.32. The van der Waals surface area contributed by atoms with Gasteiger partial charge in [-0.25, -0.2) is 4.98 Å². The Morgan fingerprint density at radius 3 is 3.08 bits per heavy atom. The van der Waals surface area contributed by atoms with Gasteiger partial charge in [0.1, 0.15) is 11.6 Å². The molecule has 0 spiro atoms. The van der Waals surface area contributed by atoms with Crippen LogP contribution in [-0.2, 0) is 4.79 Å². The Kier molecular flexibility index (Phi) is 5.88. The first-order valence-corrected chi connectivity index (χ1v) is 8.86. The molecule has 0 bridgehead atoms. The van der Waals surface area contributed by atoms with Gasteiger partial charge in [0.2, 0.25) is 5.91 Å². The van der Waals surface area contributed by atoms with Crippen molar-refractivity contribution in [1.82, 2.24) is 20.2 Å². The Labute approximate surface area is 152 Å². The van der Waals surface area contributed by atoms with E-state index in [4.69, 9.17) is 4.74 Å². The van der Waals surface area contributed by atoms with Crippen LogP contribution in [0.5, 0.6) is 5.75 Å². The number of aromatic amines is 1. The predicted octanol–water partition coefficient (Wildman–Crippen LogP) is 1.94. The standard InChI is InChI=1S/C19H24N4O3/c1-26-16-6-2-4-14(12-16)19(25)22-8-7-17(24)23-11-3-5-15(13-23)18-20-9-10-21-18/h2,4,6,9-10,12,15H,3,5,7-8,11,13H2,1H3,(H,20,21)(H,22,25). The number of imidazole rings is 1. The first kappa shape index (κ1) is 18.0. The van der Waals surface area contributed by atoms with Crippen molar-refractivity contribution < 1.29 is 14.3 Å². The minimum atomic E-state index is -0.205. The van der Waals surface area contributed by atoms with Gasteiger partial charge in [-0.15, -0.1) is 0 Å². The van der Waals surface area contributed by atoms with E-state index in [0.717, 1.165) is 25.2 Å². The van der Waals surface area contributed by atoms with Crippen molar-refractivity contribution in [2.75, 3.05) is 26.7 Å². The normalized spacial score (nSPS) is 17.0. The molecule has 1 aliphatic rings. The van der Waals surface area contributed by atoms with E-state index in [1.54, 1.807) is 37.6 Å². The summed E-state index contributed by atoms with van der Waals surface area (Å²) in [5.41, 5.74) is 0.521. The summed E-state index contributed by atoms with van der Waals surface area (Å²) in [6.45, 7) is 1.76. The molecule has 2 amide bonds. The summed E-state index contributed by atoms with van der Waals surface area (Å²) >= 11 is 0. The van der Waals surface area contributed by atoms with Gasteiger partial charge in [0.25, 0.3) is 5.91 Å². The number of nitrogens with zero attached hydrogens (tertiary/aromatic N) is 2. The lowest BCUT2D eigenvalue weighted by Crippen LogP contribution is -2.40. The van der Waals surface area contributed by atoms with Crippen LogP contribution < -0.4 is 10.1 Å². The molecule has 138 valence electrons. The Morgan fingerprint density at radius 2 is 2.31 bits per heavy atom. The summed E-state index contributed by atoms with van der Waals surface area (Å²) in [4.78, 5) is 33.9. The molecule has 7 heteroatoms. The lowest BCUT2D eigenvalue weighted by molar-refractivity contribution is -0.132. The highest BCUT2D eigenvalue weighted by molar-refractivity contribution is 5.94. The lowest BCUT2D eigenvalue weighted by atomic mass is 9.97. The Hall–Kier alpha value is -2.83. The molecule has 26 heavy (non-hydrogen) atoms. The second kappa shape index (κ2) is 8.51. The van der Waals surface area contributed by atoms with Gasteiger partial charge in [0, 0.05) is 49.9 Å². The highest BCUT2D eigenvalue weighted by Crippen LogP contribution is 2.24. The number of methoxy groups -OCH3 is 1. The van der Waals surface area contributed by atoms with Gasteiger partial charge in [-0.2, -0.15) is 0 Å². The fourth-order valence-corrected chi connectivity index (χ4v) is 3.24. The van der Waals surface area contributed by atoms with Crippen molar-refractivity contribution in [3.8, 4) is 5.75 Å². The fraction of sp³-hybridized carbons (Fsp3) is 0.421. The molecule has 3 rings (SSSR count). The van der Waals surface area contributed by atoms with Crippen molar-refractivity contribution in [2.24, 2.45) is 0 Å².